The van der Waals surface area contributed by atoms with E-state index in [1.807, 2.05) is 30.3 Å². The monoisotopic (exact) mass is 326 g/mol. The lowest BCUT2D eigenvalue weighted by Crippen LogP contribution is -2.36. The van der Waals surface area contributed by atoms with Gasteiger partial charge in [0.1, 0.15) is 11.6 Å². The topological polar surface area (TPSA) is 75.3 Å². The number of anilines is 1. The van der Waals surface area contributed by atoms with Crippen molar-refractivity contribution >= 4 is 5.82 Å². The van der Waals surface area contributed by atoms with Crippen molar-refractivity contribution in [1.82, 2.24) is 14.9 Å². The first-order valence-electron chi connectivity index (χ1n) is 8.77. The Morgan fingerprint density at radius 1 is 1.17 bits per heavy atom. The summed E-state index contributed by atoms with van der Waals surface area (Å²) in [5.41, 5.74) is 6.76. The number of nitrogens with zero attached hydrogens (tertiary/aromatic N) is 3. The Kier molecular flexibility index (Phi) is 5.77. The van der Waals surface area contributed by atoms with Gasteiger partial charge in [-0.05, 0) is 37.4 Å². The number of nitrogen functional groups attached to an aromatic ring is 1. The standard InChI is InChI=1S/C19H26N4O/c20-18-10-11-21-19(22-18)14-23-12-6-2-5-9-16(23)13-17(24)15-7-3-1-4-8-15/h1,3-4,7-8,10-11,16-17,24H,2,5-6,9,12-14H2,(H2,20,21,22)/t16-,17-/m1/s1. The molecule has 1 aromatic carbocycles. The van der Waals surface area contributed by atoms with Crippen LogP contribution in [0.1, 0.15) is 49.6 Å². The second-order valence-electron chi connectivity index (χ2n) is 6.53. The highest BCUT2D eigenvalue weighted by molar-refractivity contribution is 5.25. The number of hydrogen-bond donors (Lipinski definition) is 2. The van der Waals surface area contributed by atoms with E-state index in [1.165, 1.54) is 19.3 Å². The Hall–Kier alpha value is -1.98. The first-order chi connectivity index (χ1) is 11.7. The molecule has 0 radical (unpaired) electrons. The van der Waals surface area contributed by atoms with E-state index in [-0.39, 0.29) is 0 Å². The number of nitrogens with two attached hydrogens (primary N) is 1. The van der Waals surface area contributed by atoms with Crippen LogP contribution in [0.2, 0.25) is 0 Å². The molecule has 3 N–H and O–H groups in total. The first kappa shape index (κ1) is 16.9. The molecule has 5 nitrogen and oxygen atoms in total. The van der Waals surface area contributed by atoms with Gasteiger partial charge >= 0.3 is 0 Å². The lowest BCUT2D eigenvalue weighted by molar-refractivity contribution is 0.0960. The van der Waals surface area contributed by atoms with Crippen LogP contribution in [0.25, 0.3) is 0 Å². The molecule has 1 saturated heterocycles. The van der Waals surface area contributed by atoms with Gasteiger partial charge in [0.2, 0.25) is 0 Å². The molecule has 1 fully saturated rings. The average Bonchev–Trinajstić information content (AvgIpc) is 2.81. The molecule has 128 valence electrons. The molecular formula is C19H26N4O. The number of hydrogen-bond acceptors (Lipinski definition) is 5. The average molecular weight is 326 g/mol. The predicted molar refractivity (Wildman–Crippen MR) is 95.1 cm³/mol. The molecule has 0 saturated carbocycles. The summed E-state index contributed by atoms with van der Waals surface area (Å²) in [6.07, 6.45) is 6.76. The molecule has 0 unspecified atom stereocenters. The van der Waals surface area contributed by atoms with Gasteiger partial charge in [0.25, 0.3) is 0 Å². The molecule has 2 heterocycles. The summed E-state index contributed by atoms with van der Waals surface area (Å²) in [5, 5.41) is 10.6. The van der Waals surface area contributed by atoms with Gasteiger partial charge in [0.05, 0.1) is 12.6 Å². The summed E-state index contributed by atoms with van der Waals surface area (Å²) < 4.78 is 0. The van der Waals surface area contributed by atoms with Gasteiger partial charge in [0, 0.05) is 12.2 Å². The summed E-state index contributed by atoms with van der Waals surface area (Å²) in [4.78, 5) is 11.1. The lowest BCUT2D eigenvalue weighted by atomic mass is 9.98. The van der Waals surface area contributed by atoms with E-state index in [1.54, 1.807) is 12.3 Å². The van der Waals surface area contributed by atoms with Crippen LogP contribution in [0.5, 0.6) is 0 Å². The fourth-order valence-corrected chi connectivity index (χ4v) is 3.45. The Morgan fingerprint density at radius 3 is 2.79 bits per heavy atom. The largest absolute Gasteiger partial charge is 0.388 e. The van der Waals surface area contributed by atoms with E-state index in [2.05, 4.69) is 14.9 Å². The third-order valence-corrected chi connectivity index (χ3v) is 4.75. The SMILES string of the molecule is Nc1ccnc(CN2CCCCC[C@@H]2C[C@@H](O)c2ccccc2)n1. The summed E-state index contributed by atoms with van der Waals surface area (Å²) in [7, 11) is 0. The van der Waals surface area contributed by atoms with Gasteiger partial charge < -0.3 is 10.8 Å². The first-order valence-corrected chi connectivity index (χ1v) is 8.77. The second-order valence-corrected chi connectivity index (χ2v) is 6.53. The van der Waals surface area contributed by atoms with Gasteiger partial charge in [0.15, 0.2) is 0 Å². The molecule has 2 aromatic rings. The molecule has 0 amide bonds. The highest BCUT2D eigenvalue weighted by atomic mass is 16.3. The van der Waals surface area contributed by atoms with Gasteiger partial charge in [-0.25, -0.2) is 9.97 Å². The maximum Gasteiger partial charge on any atom is 0.144 e. The number of aliphatic hydroxyl groups excluding tert-OH is 1. The Bertz CT molecular complexity index is 634. The number of aromatic nitrogens is 2. The summed E-state index contributed by atoms with van der Waals surface area (Å²) in [5.74, 6) is 1.27. The highest BCUT2D eigenvalue weighted by Crippen LogP contribution is 2.27. The maximum atomic E-state index is 10.6. The van der Waals surface area contributed by atoms with Crippen LogP contribution in [0.4, 0.5) is 5.82 Å². The molecule has 0 spiro atoms. The van der Waals surface area contributed by atoms with Gasteiger partial charge in [-0.15, -0.1) is 0 Å². The molecule has 1 aliphatic heterocycles. The van der Waals surface area contributed by atoms with E-state index in [4.69, 9.17) is 5.73 Å². The third kappa shape index (κ3) is 4.52. The van der Waals surface area contributed by atoms with Crippen molar-refractivity contribution in [3.8, 4) is 0 Å². The second kappa shape index (κ2) is 8.22. The van der Waals surface area contributed by atoms with Gasteiger partial charge in [-0.1, -0.05) is 43.2 Å². The molecule has 1 aliphatic rings. The number of rotatable bonds is 5. The van der Waals surface area contributed by atoms with Crippen LogP contribution in [0, 0.1) is 0 Å². The van der Waals surface area contributed by atoms with Crippen LogP contribution in [-0.4, -0.2) is 32.6 Å². The minimum atomic E-state index is -0.432. The minimum Gasteiger partial charge on any atom is -0.388 e. The molecule has 5 heteroatoms. The van der Waals surface area contributed by atoms with Crippen molar-refractivity contribution in [3.05, 3.63) is 54.0 Å². The van der Waals surface area contributed by atoms with Gasteiger partial charge in [-0.3, -0.25) is 4.90 Å². The van der Waals surface area contributed by atoms with Crippen molar-refractivity contribution in [2.24, 2.45) is 0 Å². The number of aliphatic hydroxyl groups is 1. The normalized spacial score (nSPS) is 20.5. The van der Waals surface area contributed by atoms with Crippen LogP contribution >= 0.6 is 0 Å². The quantitative estimate of drug-likeness (QED) is 0.883. The Balaban J connectivity index is 1.70. The van der Waals surface area contributed by atoms with Crippen LogP contribution in [0.3, 0.4) is 0 Å². The molecular weight excluding hydrogens is 300 g/mol. The predicted octanol–water partition coefficient (Wildman–Crippen LogP) is 2.93. The molecule has 0 bridgehead atoms. The van der Waals surface area contributed by atoms with E-state index in [0.717, 1.165) is 30.8 Å². The minimum absolute atomic E-state index is 0.340. The smallest absolute Gasteiger partial charge is 0.144 e. The van der Waals surface area contributed by atoms with Crippen LogP contribution in [-0.2, 0) is 6.54 Å². The van der Waals surface area contributed by atoms with Crippen molar-refractivity contribution in [1.29, 1.82) is 0 Å². The highest BCUT2D eigenvalue weighted by Gasteiger charge is 2.25. The summed E-state index contributed by atoms with van der Waals surface area (Å²) in [6.45, 7) is 1.71. The van der Waals surface area contributed by atoms with Crippen molar-refractivity contribution in [2.45, 2.75) is 50.8 Å². The molecule has 1 aromatic heterocycles. The lowest BCUT2D eigenvalue weighted by Gasteiger charge is -2.31. The van der Waals surface area contributed by atoms with E-state index in [9.17, 15) is 5.11 Å². The van der Waals surface area contributed by atoms with Crippen LogP contribution < -0.4 is 5.73 Å². The van der Waals surface area contributed by atoms with Crippen molar-refractivity contribution < 1.29 is 5.11 Å². The Morgan fingerprint density at radius 2 is 2.00 bits per heavy atom. The molecule has 3 rings (SSSR count). The number of benzene rings is 1. The fraction of sp³-hybridized carbons (Fsp3) is 0.474. The zero-order chi connectivity index (χ0) is 16.8. The van der Waals surface area contributed by atoms with Crippen molar-refractivity contribution in [2.75, 3.05) is 12.3 Å². The summed E-state index contributed by atoms with van der Waals surface area (Å²) >= 11 is 0. The zero-order valence-corrected chi connectivity index (χ0v) is 14.0. The van der Waals surface area contributed by atoms with E-state index >= 15 is 0 Å². The van der Waals surface area contributed by atoms with E-state index in [0.29, 0.717) is 18.4 Å². The molecule has 24 heavy (non-hydrogen) atoms. The van der Waals surface area contributed by atoms with E-state index < -0.39 is 6.10 Å². The van der Waals surface area contributed by atoms with Crippen molar-refractivity contribution in [3.63, 3.8) is 0 Å². The zero-order valence-electron chi connectivity index (χ0n) is 14.0. The molecule has 0 aliphatic carbocycles. The summed E-state index contributed by atoms with van der Waals surface area (Å²) in [6, 6.07) is 12.0. The third-order valence-electron chi connectivity index (χ3n) is 4.75. The molecule has 2 atom stereocenters. The fourth-order valence-electron chi connectivity index (χ4n) is 3.45. The van der Waals surface area contributed by atoms with Gasteiger partial charge in [-0.2, -0.15) is 0 Å². The Labute approximate surface area is 143 Å². The number of likely N-dealkylation sites (tertiary alicyclic amines) is 1. The van der Waals surface area contributed by atoms with Crippen LogP contribution in [0.15, 0.2) is 42.6 Å². The maximum absolute atomic E-state index is 10.6.